The first-order chi connectivity index (χ1) is 9.00. The molecule has 0 N–H and O–H groups in total. The van der Waals surface area contributed by atoms with Gasteiger partial charge in [0.1, 0.15) is 5.75 Å². The van der Waals surface area contributed by atoms with Crippen molar-refractivity contribution in [2.24, 2.45) is 5.41 Å². The molecule has 1 saturated carbocycles. The summed E-state index contributed by atoms with van der Waals surface area (Å²) in [6.45, 7) is 5.33. The number of rotatable bonds is 4. The fraction of sp³-hybridized carbons (Fsp3) is 0.625. The summed E-state index contributed by atoms with van der Waals surface area (Å²) in [5, 5.41) is 0. The maximum absolute atomic E-state index is 6.06. The SMILES string of the molecule is COc1ccc(Br)cc1COC1CCC(C)(C)CC1. The minimum Gasteiger partial charge on any atom is -0.496 e. The Balaban J connectivity index is 1.91. The minimum atomic E-state index is 0.400. The van der Waals surface area contributed by atoms with E-state index in [1.165, 1.54) is 25.7 Å². The number of benzene rings is 1. The van der Waals surface area contributed by atoms with Gasteiger partial charge in [0.25, 0.3) is 0 Å². The lowest BCUT2D eigenvalue weighted by Crippen LogP contribution is -2.26. The van der Waals surface area contributed by atoms with Crippen molar-refractivity contribution in [1.29, 1.82) is 0 Å². The Morgan fingerprint density at radius 1 is 1.26 bits per heavy atom. The van der Waals surface area contributed by atoms with Crippen molar-refractivity contribution in [1.82, 2.24) is 0 Å². The van der Waals surface area contributed by atoms with Gasteiger partial charge in [0.15, 0.2) is 0 Å². The molecule has 0 atom stereocenters. The van der Waals surface area contributed by atoms with Gasteiger partial charge in [-0.1, -0.05) is 29.8 Å². The van der Waals surface area contributed by atoms with Crippen LogP contribution in [0.5, 0.6) is 5.75 Å². The van der Waals surface area contributed by atoms with Crippen LogP contribution in [0, 0.1) is 5.41 Å². The second kappa shape index (κ2) is 6.27. The third-order valence-electron chi connectivity index (χ3n) is 4.00. The molecular formula is C16H23BrO2. The third kappa shape index (κ3) is 4.22. The summed E-state index contributed by atoms with van der Waals surface area (Å²) >= 11 is 3.50. The van der Waals surface area contributed by atoms with Crippen LogP contribution >= 0.6 is 15.9 Å². The molecule has 106 valence electrons. The highest BCUT2D eigenvalue weighted by molar-refractivity contribution is 9.10. The van der Waals surface area contributed by atoms with Crippen molar-refractivity contribution in [2.75, 3.05) is 7.11 Å². The summed E-state index contributed by atoms with van der Waals surface area (Å²) in [5.74, 6) is 0.902. The van der Waals surface area contributed by atoms with Crippen LogP contribution in [0.3, 0.4) is 0 Å². The van der Waals surface area contributed by atoms with Crippen molar-refractivity contribution < 1.29 is 9.47 Å². The van der Waals surface area contributed by atoms with Crippen LogP contribution in [0.15, 0.2) is 22.7 Å². The van der Waals surface area contributed by atoms with Crippen LogP contribution in [-0.2, 0) is 11.3 Å². The van der Waals surface area contributed by atoms with Gasteiger partial charge in [-0.15, -0.1) is 0 Å². The maximum Gasteiger partial charge on any atom is 0.124 e. The van der Waals surface area contributed by atoms with Gasteiger partial charge in [0.05, 0.1) is 19.8 Å². The minimum absolute atomic E-state index is 0.400. The van der Waals surface area contributed by atoms with Crippen LogP contribution in [0.1, 0.15) is 45.1 Å². The van der Waals surface area contributed by atoms with Gasteiger partial charge in [-0.2, -0.15) is 0 Å². The van der Waals surface area contributed by atoms with Gasteiger partial charge in [-0.3, -0.25) is 0 Å². The molecule has 0 aromatic heterocycles. The van der Waals surface area contributed by atoms with E-state index in [0.29, 0.717) is 18.1 Å². The van der Waals surface area contributed by atoms with Crippen molar-refractivity contribution in [3.63, 3.8) is 0 Å². The Bertz CT molecular complexity index is 419. The monoisotopic (exact) mass is 326 g/mol. The fourth-order valence-electron chi connectivity index (χ4n) is 2.61. The number of hydrogen-bond acceptors (Lipinski definition) is 2. The zero-order valence-corrected chi connectivity index (χ0v) is 13.6. The standard InChI is InChI=1S/C16H23BrO2/c1-16(2)8-6-14(7-9-16)19-11-12-10-13(17)4-5-15(12)18-3/h4-5,10,14H,6-9,11H2,1-3H3. The van der Waals surface area contributed by atoms with E-state index in [1.54, 1.807) is 7.11 Å². The van der Waals surface area contributed by atoms with Crippen LogP contribution in [0.25, 0.3) is 0 Å². The smallest absolute Gasteiger partial charge is 0.124 e. The number of methoxy groups -OCH3 is 1. The number of hydrogen-bond donors (Lipinski definition) is 0. The molecule has 0 saturated heterocycles. The maximum atomic E-state index is 6.06. The highest BCUT2D eigenvalue weighted by Crippen LogP contribution is 2.36. The van der Waals surface area contributed by atoms with Crippen molar-refractivity contribution in [3.8, 4) is 5.75 Å². The van der Waals surface area contributed by atoms with Crippen LogP contribution in [-0.4, -0.2) is 13.2 Å². The molecular weight excluding hydrogens is 304 g/mol. The summed E-state index contributed by atoms with van der Waals surface area (Å²) in [7, 11) is 1.70. The predicted octanol–water partition coefficient (Wildman–Crippen LogP) is 4.94. The molecule has 0 heterocycles. The molecule has 3 heteroatoms. The predicted molar refractivity (Wildman–Crippen MR) is 81.5 cm³/mol. The molecule has 0 radical (unpaired) electrons. The second-order valence-electron chi connectivity index (χ2n) is 6.13. The van der Waals surface area contributed by atoms with E-state index in [2.05, 4.69) is 35.8 Å². The van der Waals surface area contributed by atoms with Crippen LogP contribution in [0.4, 0.5) is 0 Å². The molecule has 1 fully saturated rings. The topological polar surface area (TPSA) is 18.5 Å². The van der Waals surface area contributed by atoms with Crippen molar-refractivity contribution in [2.45, 2.75) is 52.2 Å². The summed E-state index contributed by atoms with van der Waals surface area (Å²) in [6, 6.07) is 6.05. The molecule has 0 amide bonds. The van der Waals surface area contributed by atoms with E-state index in [9.17, 15) is 0 Å². The first-order valence-corrected chi connectivity index (χ1v) is 7.73. The molecule has 1 aromatic rings. The Morgan fingerprint density at radius 2 is 1.95 bits per heavy atom. The van der Waals surface area contributed by atoms with Crippen LogP contribution in [0.2, 0.25) is 0 Å². The quantitative estimate of drug-likeness (QED) is 0.779. The summed E-state index contributed by atoms with van der Waals surface area (Å²) < 4.78 is 12.5. The molecule has 1 aliphatic carbocycles. The lowest BCUT2D eigenvalue weighted by atomic mass is 9.76. The molecule has 0 spiro atoms. The Labute approximate surface area is 124 Å². The Kier molecular flexibility index (Phi) is 4.91. The lowest BCUT2D eigenvalue weighted by Gasteiger charge is -2.34. The van der Waals surface area contributed by atoms with E-state index in [1.807, 2.05) is 12.1 Å². The lowest BCUT2D eigenvalue weighted by molar-refractivity contribution is -0.00623. The summed E-state index contributed by atoms with van der Waals surface area (Å²) in [6.07, 6.45) is 5.25. The van der Waals surface area contributed by atoms with E-state index < -0.39 is 0 Å². The first-order valence-electron chi connectivity index (χ1n) is 6.94. The van der Waals surface area contributed by atoms with Gasteiger partial charge in [0.2, 0.25) is 0 Å². The number of halogens is 1. The summed E-state index contributed by atoms with van der Waals surface area (Å²) in [5.41, 5.74) is 1.61. The van der Waals surface area contributed by atoms with Crippen molar-refractivity contribution >= 4 is 15.9 Å². The summed E-state index contributed by atoms with van der Waals surface area (Å²) in [4.78, 5) is 0. The highest BCUT2D eigenvalue weighted by Gasteiger charge is 2.27. The number of ether oxygens (including phenoxy) is 2. The molecule has 19 heavy (non-hydrogen) atoms. The molecule has 1 aromatic carbocycles. The van der Waals surface area contributed by atoms with Gasteiger partial charge in [0, 0.05) is 10.0 Å². The molecule has 1 aliphatic rings. The molecule has 0 bridgehead atoms. The van der Waals surface area contributed by atoms with Gasteiger partial charge < -0.3 is 9.47 Å². The van der Waals surface area contributed by atoms with E-state index in [4.69, 9.17) is 9.47 Å². The molecule has 2 rings (SSSR count). The molecule has 0 unspecified atom stereocenters. The second-order valence-corrected chi connectivity index (χ2v) is 7.05. The zero-order valence-electron chi connectivity index (χ0n) is 12.0. The Morgan fingerprint density at radius 3 is 2.58 bits per heavy atom. The zero-order chi connectivity index (χ0) is 13.9. The van der Waals surface area contributed by atoms with E-state index >= 15 is 0 Å². The first kappa shape index (κ1) is 14.9. The normalized spacial score (nSPS) is 19.4. The largest absolute Gasteiger partial charge is 0.496 e. The third-order valence-corrected chi connectivity index (χ3v) is 4.50. The van der Waals surface area contributed by atoms with Crippen molar-refractivity contribution in [3.05, 3.63) is 28.2 Å². The van der Waals surface area contributed by atoms with Gasteiger partial charge in [-0.25, -0.2) is 0 Å². The average Bonchev–Trinajstić information content (AvgIpc) is 2.38. The van der Waals surface area contributed by atoms with Gasteiger partial charge >= 0.3 is 0 Å². The van der Waals surface area contributed by atoms with Gasteiger partial charge in [-0.05, 0) is 49.3 Å². The fourth-order valence-corrected chi connectivity index (χ4v) is 3.02. The average molecular weight is 327 g/mol. The van der Waals surface area contributed by atoms with E-state index in [0.717, 1.165) is 15.8 Å². The van der Waals surface area contributed by atoms with Crippen LogP contribution < -0.4 is 4.74 Å². The molecule has 0 aliphatic heterocycles. The highest BCUT2D eigenvalue weighted by atomic mass is 79.9. The van der Waals surface area contributed by atoms with E-state index in [-0.39, 0.29) is 0 Å². The Hall–Kier alpha value is -0.540. The molecule has 2 nitrogen and oxygen atoms in total.